The molecule has 2 rings (SSSR count). The van der Waals surface area contributed by atoms with E-state index in [0.29, 0.717) is 12.3 Å². The summed E-state index contributed by atoms with van der Waals surface area (Å²) < 4.78 is 23.9. The highest BCUT2D eigenvalue weighted by Crippen LogP contribution is 2.51. The summed E-state index contributed by atoms with van der Waals surface area (Å²) in [6.45, 7) is 0. The van der Waals surface area contributed by atoms with Crippen molar-refractivity contribution in [2.24, 2.45) is 17.8 Å². The molecule has 0 saturated heterocycles. The number of fused-ring (bicyclic) bond motifs is 2. The van der Waals surface area contributed by atoms with Crippen LogP contribution in [0.4, 0.5) is 0 Å². The van der Waals surface area contributed by atoms with Gasteiger partial charge in [-0.1, -0.05) is 0 Å². The maximum absolute atomic E-state index is 12.0. The maximum Gasteiger partial charge on any atom is 0.225 e. The molecule has 0 amide bonds. The molecule has 92 valence electrons. The minimum absolute atomic E-state index is 0.00559. The van der Waals surface area contributed by atoms with Gasteiger partial charge in [0.05, 0.1) is 11.0 Å². The van der Waals surface area contributed by atoms with Crippen molar-refractivity contribution >= 4 is 38.3 Å². The van der Waals surface area contributed by atoms with Crippen LogP contribution in [0.5, 0.6) is 0 Å². The van der Waals surface area contributed by atoms with Crippen molar-refractivity contribution in [2.45, 2.75) is 24.5 Å². The SMILES string of the molecule is O=C(Cl)C1C[C@H]2CC(S(=O)(=O)CCCl)[C@@H]1C2. The summed E-state index contributed by atoms with van der Waals surface area (Å²) in [6, 6.07) is 0. The zero-order valence-electron chi connectivity index (χ0n) is 8.73. The smallest absolute Gasteiger partial charge is 0.225 e. The van der Waals surface area contributed by atoms with Crippen LogP contribution in [-0.4, -0.2) is 30.5 Å². The van der Waals surface area contributed by atoms with Gasteiger partial charge in [0.1, 0.15) is 0 Å². The first kappa shape index (κ1) is 12.7. The number of alkyl halides is 1. The van der Waals surface area contributed by atoms with E-state index in [1.165, 1.54) is 0 Å². The molecule has 0 radical (unpaired) electrons. The second-order valence-corrected chi connectivity index (χ2v) is 7.83. The third kappa shape index (κ3) is 2.12. The molecule has 2 saturated carbocycles. The highest BCUT2D eigenvalue weighted by Gasteiger charge is 2.52. The Morgan fingerprint density at radius 1 is 1.25 bits per heavy atom. The number of hydrogen-bond acceptors (Lipinski definition) is 3. The van der Waals surface area contributed by atoms with E-state index >= 15 is 0 Å². The molecular weight excluding hydrogens is 271 g/mol. The molecule has 2 aliphatic carbocycles. The highest BCUT2D eigenvalue weighted by atomic mass is 35.5. The van der Waals surface area contributed by atoms with E-state index in [-0.39, 0.29) is 28.7 Å². The number of carbonyl (C=O) groups excluding carboxylic acids is 1. The summed E-state index contributed by atoms with van der Waals surface area (Å²) in [4.78, 5) is 11.2. The third-order valence-corrected chi connectivity index (χ3v) is 6.80. The Balaban J connectivity index is 2.18. The standard InChI is InChI=1S/C10H14Cl2O3S/c11-1-2-16(14,15)9-5-6-3-7(9)8(4-6)10(12)13/h6-9H,1-5H2/t6-,7+,8?,9?/m0/s1. The zero-order chi connectivity index (χ0) is 11.9. The van der Waals surface area contributed by atoms with E-state index in [1.54, 1.807) is 0 Å². The Hall–Kier alpha value is 0.200. The zero-order valence-corrected chi connectivity index (χ0v) is 11.1. The number of rotatable bonds is 4. The predicted molar refractivity (Wildman–Crippen MR) is 63.5 cm³/mol. The van der Waals surface area contributed by atoms with Gasteiger partial charge in [-0.05, 0) is 42.7 Å². The van der Waals surface area contributed by atoms with E-state index in [2.05, 4.69) is 0 Å². The Bertz CT molecular complexity index is 393. The Kier molecular flexibility index (Phi) is 3.53. The summed E-state index contributed by atoms with van der Waals surface area (Å²) in [5.41, 5.74) is 0. The Morgan fingerprint density at radius 3 is 2.44 bits per heavy atom. The van der Waals surface area contributed by atoms with Crippen LogP contribution in [0.15, 0.2) is 0 Å². The van der Waals surface area contributed by atoms with Crippen molar-refractivity contribution in [3.8, 4) is 0 Å². The van der Waals surface area contributed by atoms with Crippen molar-refractivity contribution in [1.29, 1.82) is 0 Å². The third-order valence-electron chi connectivity index (χ3n) is 3.87. The van der Waals surface area contributed by atoms with Gasteiger partial charge in [-0.3, -0.25) is 4.79 Å². The normalized spacial score (nSPS) is 37.9. The molecule has 0 aromatic heterocycles. The van der Waals surface area contributed by atoms with Crippen LogP contribution >= 0.6 is 23.2 Å². The summed E-state index contributed by atoms with van der Waals surface area (Å²) >= 11 is 11.0. The summed E-state index contributed by atoms with van der Waals surface area (Å²) in [5, 5.41) is -0.768. The molecule has 2 unspecified atom stereocenters. The molecule has 16 heavy (non-hydrogen) atoms. The lowest BCUT2D eigenvalue weighted by Crippen LogP contribution is -2.36. The van der Waals surface area contributed by atoms with Gasteiger partial charge < -0.3 is 0 Å². The summed E-state index contributed by atoms with van der Waals surface area (Å²) in [5.74, 6) is 0.160. The lowest BCUT2D eigenvalue weighted by molar-refractivity contribution is -0.116. The van der Waals surface area contributed by atoms with Gasteiger partial charge in [0.15, 0.2) is 9.84 Å². The van der Waals surface area contributed by atoms with Crippen LogP contribution in [0.2, 0.25) is 0 Å². The van der Waals surface area contributed by atoms with E-state index in [9.17, 15) is 13.2 Å². The monoisotopic (exact) mass is 284 g/mol. The van der Waals surface area contributed by atoms with Crippen LogP contribution in [0.1, 0.15) is 19.3 Å². The van der Waals surface area contributed by atoms with Gasteiger partial charge >= 0.3 is 0 Å². The molecule has 2 bridgehead atoms. The van der Waals surface area contributed by atoms with E-state index in [0.717, 1.165) is 12.8 Å². The first-order valence-corrected chi connectivity index (χ1v) is 8.05. The molecule has 0 aromatic carbocycles. The molecule has 3 nitrogen and oxygen atoms in total. The van der Waals surface area contributed by atoms with Gasteiger partial charge in [0.25, 0.3) is 0 Å². The first-order chi connectivity index (χ1) is 7.45. The summed E-state index contributed by atoms with van der Waals surface area (Å²) in [7, 11) is -3.15. The maximum atomic E-state index is 12.0. The molecule has 0 aromatic rings. The largest absolute Gasteiger partial charge is 0.281 e. The lowest BCUT2D eigenvalue weighted by atomic mass is 9.89. The molecule has 4 atom stereocenters. The quantitative estimate of drug-likeness (QED) is 0.585. The van der Waals surface area contributed by atoms with Crippen LogP contribution in [0, 0.1) is 17.8 Å². The molecule has 2 aliphatic rings. The highest BCUT2D eigenvalue weighted by molar-refractivity contribution is 7.92. The predicted octanol–water partition coefficient (Wildman–Crippen LogP) is 1.82. The van der Waals surface area contributed by atoms with Gasteiger partial charge in [-0.15, -0.1) is 11.6 Å². The van der Waals surface area contributed by atoms with Crippen LogP contribution in [-0.2, 0) is 14.6 Å². The molecule has 6 heteroatoms. The second-order valence-electron chi connectivity index (χ2n) is 4.74. The van der Waals surface area contributed by atoms with E-state index in [1.807, 2.05) is 0 Å². The van der Waals surface area contributed by atoms with E-state index < -0.39 is 15.1 Å². The molecule has 0 heterocycles. The number of halogens is 2. The topological polar surface area (TPSA) is 51.2 Å². The molecule has 0 aliphatic heterocycles. The Labute approximate surface area is 105 Å². The minimum Gasteiger partial charge on any atom is -0.281 e. The molecule has 0 N–H and O–H groups in total. The second kappa shape index (κ2) is 4.46. The molecule has 2 fully saturated rings. The average molecular weight is 285 g/mol. The van der Waals surface area contributed by atoms with Crippen molar-refractivity contribution < 1.29 is 13.2 Å². The molecular formula is C10H14Cl2O3S. The van der Waals surface area contributed by atoms with E-state index in [4.69, 9.17) is 23.2 Å². The molecule has 0 spiro atoms. The average Bonchev–Trinajstić information content (AvgIpc) is 2.75. The van der Waals surface area contributed by atoms with Gasteiger partial charge in [-0.25, -0.2) is 8.42 Å². The van der Waals surface area contributed by atoms with Gasteiger partial charge in [-0.2, -0.15) is 0 Å². The van der Waals surface area contributed by atoms with Crippen LogP contribution in [0.3, 0.4) is 0 Å². The van der Waals surface area contributed by atoms with Gasteiger partial charge in [0.2, 0.25) is 5.24 Å². The number of carbonyl (C=O) groups is 1. The number of sulfone groups is 1. The van der Waals surface area contributed by atoms with Crippen molar-refractivity contribution in [3.63, 3.8) is 0 Å². The fraction of sp³-hybridized carbons (Fsp3) is 0.900. The lowest BCUT2D eigenvalue weighted by Gasteiger charge is -2.26. The first-order valence-electron chi connectivity index (χ1n) is 5.42. The summed E-state index contributed by atoms with van der Waals surface area (Å²) in [6.07, 6.45) is 2.28. The van der Waals surface area contributed by atoms with Crippen LogP contribution in [0.25, 0.3) is 0 Å². The van der Waals surface area contributed by atoms with Crippen molar-refractivity contribution in [2.75, 3.05) is 11.6 Å². The number of hydrogen-bond donors (Lipinski definition) is 0. The van der Waals surface area contributed by atoms with Crippen molar-refractivity contribution in [3.05, 3.63) is 0 Å². The Morgan fingerprint density at radius 2 is 1.94 bits per heavy atom. The fourth-order valence-corrected chi connectivity index (χ4v) is 6.03. The van der Waals surface area contributed by atoms with Crippen molar-refractivity contribution in [1.82, 2.24) is 0 Å². The van der Waals surface area contributed by atoms with Crippen LogP contribution < -0.4 is 0 Å². The van der Waals surface area contributed by atoms with Gasteiger partial charge in [0, 0.05) is 11.8 Å². The minimum atomic E-state index is -3.15. The fourth-order valence-electron chi connectivity index (χ4n) is 3.22.